The number of nitrogens with zero attached hydrogens (tertiary/aromatic N) is 3. The van der Waals surface area contributed by atoms with Gasteiger partial charge in [-0.2, -0.15) is 0 Å². The van der Waals surface area contributed by atoms with Gasteiger partial charge < -0.3 is 9.88 Å². The van der Waals surface area contributed by atoms with Crippen molar-refractivity contribution in [3.05, 3.63) is 58.6 Å². The lowest BCUT2D eigenvalue weighted by Crippen LogP contribution is -2.29. The number of imidazole rings is 1. The zero-order chi connectivity index (χ0) is 18.1. The summed E-state index contributed by atoms with van der Waals surface area (Å²) in [6.45, 7) is 2.19. The number of aromatic amines is 1. The molecule has 0 bridgehead atoms. The highest BCUT2D eigenvalue weighted by molar-refractivity contribution is 6.42. The molecule has 0 unspecified atom stereocenters. The van der Waals surface area contributed by atoms with Crippen LogP contribution in [0, 0.1) is 0 Å². The number of benzene rings is 1. The molecule has 0 aliphatic carbocycles. The van der Waals surface area contributed by atoms with E-state index in [2.05, 4.69) is 21.9 Å². The van der Waals surface area contributed by atoms with Gasteiger partial charge in [0.05, 0.1) is 21.4 Å². The molecule has 2 aromatic heterocycles. The van der Waals surface area contributed by atoms with Crippen molar-refractivity contribution in [2.75, 3.05) is 20.1 Å². The topological polar surface area (TPSA) is 44.8 Å². The zero-order valence-electron chi connectivity index (χ0n) is 14.5. The molecule has 1 aliphatic rings. The predicted octanol–water partition coefficient (Wildman–Crippen LogP) is 5.25. The van der Waals surface area contributed by atoms with Crippen molar-refractivity contribution in [1.82, 2.24) is 19.9 Å². The first kappa shape index (κ1) is 17.5. The van der Waals surface area contributed by atoms with E-state index in [-0.39, 0.29) is 0 Å². The number of aromatic nitrogens is 3. The number of rotatable bonds is 3. The van der Waals surface area contributed by atoms with Crippen LogP contribution in [0.1, 0.15) is 24.6 Å². The smallest absolute Gasteiger partial charge is 0.110 e. The van der Waals surface area contributed by atoms with Gasteiger partial charge >= 0.3 is 0 Å². The lowest BCUT2D eigenvalue weighted by Gasteiger charge is -2.27. The summed E-state index contributed by atoms with van der Waals surface area (Å²) in [5, 5.41) is 1.09. The van der Waals surface area contributed by atoms with Gasteiger partial charge in [0, 0.05) is 29.4 Å². The Balaban J connectivity index is 1.79. The summed E-state index contributed by atoms with van der Waals surface area (Å²) in [7, 11) is 2.17. The van der Waals surface area contributed by atoms with Crippen LogP contribution in [0.25, 0.3) is 22.5 Å². The summed E-state index contributed by atoms with van der Waals surface area (Å²) < 4.78 is 0. The molecule has 1 aliphatic heterocycles. The largest absolute Gasteiger partial charge is 0.341 e. The SMILES string of the molecule is CN1CCC(c2nc(-c3ccncc3)c(-c3ccc(Cl)c(Cl)c3)[nH]2)CC1. The lowest BCUT2D eigenvalue weighted by molar-refractivity contribution is 0.251. The fourth-order valence-corrected chi connectivity index (χ4v) is 3.74. The van der Waals surface area contributed by atoms with Crippen molar-refractivity contribution >= 4 is 23.2 Å². The van der Waals surface area contributed by atoms with Crippen LogP contribution in [-0.2, 0) is 0 Å². The number of pyridine rings is 1. The second-order valence-corrected chi connectivity index (χ2v) is 7.60. The molecule has 134 valence electrons. The quantitative estimate of drug-likeness (QED) is 0.667. The monoisotopic (exact) mass is 386 g/mol. The predicted molar refractivity (Wildman–Crippen MR) is 107 cm³/mol. The molecule has 6 heteroatoms. The molecule has 1 saturated heterocycles. The first-order valence-electron chi connectivity index (χ1n) is 8.76. The minimum atomic E-state index is 0.448. The van der Waals surface area contributed by atoms with E-state index in [1.165, 1.54) is 0 Å². The van der Waals surface area contributed by atoms with Crippen LogP contribution in [0.5, 0.6) is 0 Å². The standard InChI is InChI=1S/C20H20Cl2N4/c1-26-10-6-14(7-11-26)20-24-18(13-4-8-23-9-5-13)19(25-20)15-2-3-16(21)17(22)12-15/h2-5,8-9,12,14H,6-7,10-11H2,1H3,(H,24,25). The van der Waals surface area contributed by atoms with Crippen LogP contribution in [0.15, 0.2) is 42.7 Å². The third kappa shape index (κ3) is 3.50. The van der Waals surface area contributed by atoms with Gasteiger partial charge in [-0.25, -0.2) is 4.98 Å². The third-order valence-electron chi connectivity index (χ3n) is 4.99. The number of likely N-dealkylation sites (tertiary alicyclic amines) is 1. The fraction of sp³-hybridized carbons (Fsp3) is 0.300. The minimum absolute atomic E-state index is 0.448. The summed E-state index contributed by atoms with van der Waals surface area (Å²) >= 11 is 12.3. The van der Waals surface area contributed by atoms with E-state index >= 15 is 0 Å². The maximum atomic E-state index is 6.25. The molecule has 4 nitrogen and oxygen atoms in total. The van der Waals surface area contributed by atoms with Crippen molar-refractivity contribution in [1.29, 1.82) is 0 Å². The molecular formula is C20H20Cl2N4. The minimum Gasteiger partial charge on any atom is -0.341 e. The summed E-state index contributed by atoms with van der Waals surface area (Å²) in [6.07, 6.45) is 5.80. The summed E-state index contributed by atoms with van der Waals surface area (Å²) in [6, 6.07) is 9.66. The highest BCUT2D eigenvalue weighted by atomic mass is 35.5. The second kappa shape index (κ2) is 7.39. The molecule has 4 rings (SSSR count). The van der Waals surface area contributed by atoms with Crippen LogP contribution in [0.2, 0.25) is 10.0 Å². The molecule has 1 fully saturated rings. The summed E-state index contributed by atoms with van der Waals surface area (Å²) in [5.41, 5.74) is 3.93. The Bertz CT molecular complexity index is 899. The molecule has 0 amide bonds. The van der Waals surface area contributed by atoms with E-state index < -0.39 is 0 Å². The third-order valence-corrected chi connectivity index (χ3v) is 5.73. The van der Waals surface area contributed by atoms with Crippen LogP contribution < -0.4 is 0 Å². The first-order chi connectivity index (χ1) is 12.6. The maximum Gasteiger partial charge on any atom is 0.110 e. The number of nitrogens with one attached hydrogen (secondary N) is 1. The van der Waals surface area contributed by atoms with Gasteiger partial charge in [0.1, 0.15) is 5.82 Å². The van der Waals surface area contributed by atoms with Crippen LogP contribution >= 0.6 is 23.2 Å². The Labute approximate surface area is 163 Å². The summed E-state index contributed by atoms with van der Waals surface area (Å²) in [4.78, 5) is 15.0. The molecule has 1 aromatic carbocycles. The summed E-state index contributed by atoms with van der Waals surface area (Å²) in [5.74, 6) is 1.49. The van der Waals surface area contributed by atoms with Gasteiger partial charge in [-0.3, -0.25) is 4.98 Å². The maximum absolute atomic E-state index is 6.25. The van der Waals surface area contributed by atoms with Crippen LogP contribution in [0.4, 0.5) is 0 Å². The highest BCUT2D eigenvalue weighted by Crippen LogP contribution is 2.36. The normalized spacial score (nSPS) is 16.1. The van der Waals surface area contributed by atoms with Gasteiger partial charge in [-0.1, -0.05) is 29.3 Å². The Morgan fingerprint density at radius 3 is 2.42 bits per heavy atom. The number of hydrogen-bond donors (Lipinski definition) is 1. The van der Waals surface area contributed by atoms with Crippen molar-refractivity contribution in [3.63, 3.8) is 0 Å². The van der Waals surface area contributed by atoms with E-state index in [4.69, 9.17) is 28.2 Å². The molecule has 1 N–H and O–H groups in total. The number of hydrogen-bond acceptors (Lipinski definition) is 3. The van der Waals surface area contributed by atoms with Gasteiger partial charge in [0.15, 0.2) is 0 Å². The van der Waals surface area contributed by atoms with E-state index in [1.54, 1.807) is 12.4 Å². The van der Waals surface area contributed by atoms with Crippen molar-refractivity contribution in [2.24, 2.45) is 0 Å². The van der Waals surface area contributed by atoms with Crippen molar-refractivity contribution < 1.29 is 0 Å². The molecular weight excluding hydrogens is 367 g/mol. The Morgan fingerprint density at radius 2 is 1.73 bits per heavy atom. The fourth-order valence-electron chi connectivity index (χ4n) is 3.45. The Morgan fingerprint density at radius 1 is 1.00 bits per heavy atom. The van der Waals surface area contributed by atoms with Gasteiger partial charge in [0.25, 0.3) is 0 Å². The molecule has 3 heterocycles. The average molecular weight is 387 g/mol. The first-order valence-corrected chi connectivity index (χ1v) is 9.51. The number of halogens is 2. The van der Waals surface area contributed by atoms with E-state index in [9.17, 15) is 0 Å². The van der Waals surface area contributed by atoms with E-state index in [0.29, 0.717) is 16.0 Å². The molecule has 0 saturated carbocycles. The van der Waals surface area contributed by atoms with Crippen molar-refractivity contribution in [2.45, 2.75) is 18.8 Å². The zero-order valence-corrected chi connectivity index (χ0v) is 16.1. The lowest BCUT2D eigenvalue weighted by atomic mass is 9.96. The number of piperidine rings is 1. The Kier molecular flexibility index (Phi) is 4.98. The van der Waals surface area contributed by atoms with Crippen LogP contribution in [-0.4, -0.2) is 40.0 Å². The second-order valence-electron chi connectivity index (χ2n) is 6.79. The molecule has 3 aromatic rings. The molecule has 26 heavy (non-hydrogen) atoms. The molecule has 0 atom stereocenters. The number of H-pyrrole nitrogens is 1. The van der Waals surface area contributed by atoms with Gasteiger partial charge in [0.2, 0.25) is 0 Å². The van der Waals surface area contributed by atoms with Gasteiger partial charge in [-0.05, 0) is 57.2 Å². The highest BCUT2D eigenvalue weighted by Gasteiger charge is 2.24. The van der Waals surface area contributed by atoms with Gasteiger partial charge in [-0.15, -0.1) is 0 Å². The van der Waals surface area contributed by atoms with E-state index in [1.807, 2.05) is 30.3 Å². The molecule has 0 radical (unpaired) electrons. The molecule has 0 spiro atoms. The average Bonchev–Trinajstić information content (AvgIpc) is 3.11. The van der Waals surface area contributed by atoms with Crippen LogP contribution in [0.3, 0.4) is 0 Å². The van der Waals surface area contributed by atoms with Crippen molar-refractivity contribution in [3.8, 4) is 22.5 Å². The Hall–Kier alpha value is -1.88. The van der Waals surface area contributed by atoms with E-state index in [0.717, 1.165) is 54.3 Å².